The number of methoxy groups -OCH3 is 1. The van der Waals surface area contributed by atoms with Gasteiger partial charge in [-0.2, -0.15) is 0 Å². The lowest BCUT2D eigenvalue weighted by Crippen LogP contribution is -2.70. The van der Waals surface area contributed by atoms with Crippen LogP contribution in [0.4, 0.5) is 0 Å². The Balaban J connectivity index is 1.54. The Morgan fingerprint density at radius 2 is 1.77 bits per heavy atom. The maximum absolute atomic E-state index is 13.3. The van der Waals surface area contributed by atoms with Crippen molar-refractivity contribution >= 4 is 5.97 Å². The van der Waals surface area contributed by atoms with E-state index in [4.69, 9.17) is 14.2 Å². The van der Waals surface area contributed by atoms with Gasteiger partial charge in [-0.1, -0.05) is 74.0 Å². The molecule has 0 aromatic heterocycles. The van der Waals surface area contributed by atoms with Crippen LogP contribution in [0, 0.1) is 62.6 Å². The smallest absolute Gasteiger partial charge is 0.307 e. The maximum Gasteiger partial charge on any atom is 0.307 e. The summed E-state index contributed by atoms with van der Waals surface area (Å²) in [6, 6.07) is 0. The predicted molar refractivity (Wildman–Crippen MR) is 176 cm³/mol. The molecule has 1 unspecified atom stereocenters. The fourth-order valence-corrected chi connectivity index (χ4v) is 11.9. The summed E-state index contributed by atoms with van der Waals surface area (Å²) in [4.78, 5) is 13.3. The molecule has 0 amide bonds. The average Bonchev–Trinajstić information content (AvgIpc) is 2.95. The summed E-state index contributed by atoms with van der Waals surface area (Å²) in [5.74, 6) is 1.08. The molecule has 0 spiro atoms. The summed E-state index contributed by atoms with van der Waals surface area (Å²) >= 11 is 0. The lowest BCUT2D eigenvalue weighted by molar-refractivity contribution is -0.270. The Morgan fingerprint density at radius 1 is 1.09 bits per heavy atom. The second-order valence-corrected chi connectivity index (χ2v) is 17.9. The minimum Gasteiger partial charge on any atom is -0.481 e. The van der Waals surface area contributed by atoms with Gasteiger partial charge >= 0.3 is 5.97 Å². The quantitative estimate of drug-likeness (QED) is 0.260. The van der Waals surface area contributed by atoms with Crippen molar-refractivity contribution in [1.82, 2.24) is 5.32 Å². The molecule has 4 fully saturated rings. The number of allylic oxidation sites excluding steroid dienone is 1. The Kier molecular flexibility index (Phi) is 8.86. The van der Waals surface area contributed by atoms with Crippen LogP contribution >= 0.6 is 0 Å². The van der Waals surface area contributed by atoms with Gasteiger partial charge in [0, 0.05) is 23.5 Å². The molecule has 252 valence electrons. The molecule has 1 heterocycles. The van der Waals surface area contributed by atoms with Crippen molar-refractivity contribution in [3.63, 3.8) is 0 Å². The number of aliphatic carboxylic acids is 1. The van der Waals surface area contributed by atoms with E-state index >= 15 is 0 Å². The van der Waals surface area contributed by atoms with Gasteiger partial charge in [-0.15, -0.1) is 0 Å². The molecular formula is C38H65NO5. The Morgan fingerprint density at radius 3 is 2.34 bits per heavy atom. The number of likely N-dealkylation sites (N-methyl/N-ethyl adjacent to an activating group) is 1. The van der Waals surface area contributed by atoms with Crippen molar-refractivity contribution in [3.8, 4) is 0 Å². The molecule has 0 aromatic carbocycles. The van der Waals surface area contributed by atoms with Crippen molar-refractivity contribution in [2.24, 2.45) is 62.6 Å². The standard InChI is InChI=1S/C38H65NO5/c1-23(2)25(5)33(6)17-18-35(8)26-13-14-29-34(7)20-43-22-38(29,27(26)15-16-36(35,9)30(33)32(40)41)19-28(42-12)31(34)44-21-37(10,39-11)24(3)4/h15,23-26,28-31,39H,13-14,16-22H2,1-12H3,(H,40,41)/t25-,26+,28-,29+,30-,31+,33-,34?,35-,36+,37-,38+/m1/s1. The number of fused-ring (bicyclic) bond motifs is 3. The highest BCUT2D eigenvalue weighted by Gasteiger charge is 2.71. The highest BCUT2D eigenvalue weighted by atomic mass is 16.5. The van der Waals surface area contributed by atoms with Crippen molar-refractivity contribution in [2.75, 3.05) is 34.0 Å². The zero-order chi connectivity index (χ0) is 32.7. The second-order valence-electron chi connectivity index (χ2n) is 17.9. The minimum absolute atomic E-state index is 0.0116. The number of carbonyl (C=O) groups is 1. The molecule has 1 aliphatic heterocycles. The summed E-state index contributed by atoms with van der Waals surface area (Å²) in [6.07, 6.45) is 8.52. The summed E-state index contributed by atoms with van der Waals surface area (Å²) < 4.78 is 19.9. The predicted octanol–water partition coefficient (Wildman–Crippen LogP) is 7.61. The van der Waals surface area contributed by atoms with Gasteiger partial charge in [-0.3, -0.25) is 4.79 Å². The van der Waals surface area contributed by atoms with Crippen molar-refractivity contribution in [1.29, 1.82) is 0 Å². The van der Waals surface area contributed by atoms with Crippen LogP contribution in [-0.2, 0) is 19.0 Å². The summed E-state index contributed by atoms with van der Waals surface area (Å²) in [7, 11) is 3.90. The fraction of sp³-hybridized carbons (Fsp3) is 0.921. The molecule has 0 radical (unpaired) electrons. The third-order valence-corrected chi connectivity index (χ3v) is 15.8. The third kappa shape index (κ3) is 4.57. The molecule has 6 heteroatoms. The van der Waals surface area contributed by atoms with Crippen LogP contribution in [0.2, 0.25) is 0 Å². The van der Waals surface area contributed by atoms with E-state index in [1.54, 1.807) is 5.57 Å². The molecule has 2 bridgehead atoms. The Hall–Kier alpha value is -0.950. The van der Waals surface area contributed by atoms with E-state index in [1.165, 1.54) is 0 Å². The normalized spacial score (nSPS) is 47.2. The van der Waals surface area contributed by atoms with Gasteiger partial charge in [-0.25, -0.2) is 0 Å². The fourth-order valence-electron chi connectivity index (χ4n) is 11.9. The first kappa shape index (κ1) is 34.4. The van der Waals surface area contributed by atoms with Gasteiger partial charge in [0.1, 0.15) is 0 Å². The van der Waals surface area contributed by atoms with E-state index in [1.807, 2.05) is 14.2 Å². The molecule has 5 rings (SSSR count). The van der Waals surface area contributed by atoms with Crippen LogP contribution in [0.15, 0.2) is 11.6 Å². The van der Waals surface area contributed by atoms with Gasteiger partial charge in [0.25, 0.3) is 0 Å². The first-order valence-electron chi connectivity index (χ1n) is 17.8. The zero-order valence-electron chi connectivity index (χ0n) is 30.1. The zero-order valence-corrected chi connectivity index (χ0v) is 30.1. The van der Waals surface area contributed by atoms with E-state index in [0.29, 0.717) is 42.8 Å². The number of hydrogen-bond donors (Lipinski definition) is 2. The minimum atomic E-state index is -0.599. The molecule has 5 aliphatic rings. The highest BCUT2D eigenvalue weighted by Crippen LogP contribution is 2.75. The third-order valence-electron chi connectivity index (χ3n) is 15.8. The molecule has 12 atom stereocenters. The van der Waals surface area contributed by atoms with E-state index in [9.17, 15) is 9.90 Å². The van der Waals surface area contributed by atoms with E-state index < -0.39 is 5.97 Å². The van der Waals surface area contributed by atoms with Crippen LogP contribution in [0.25, 0.3) is 0 Å². The van der Waals surface area contributed by atoms with Crippen LogP contribution in [0.1, 0.15) is 108 Å². The highest BCUT2D eigenvalue weighted by molar-refractivity contribution is 5.73. The lowest BCUT2D eigenvalue weighted by atomic mass is 9.34. The topological polar surface area (TPSA) is 77.0 Å². The van der Waals surface area contributed by atoms with Crippen molar-refractivity contribution < 1.29 is 24.1 Å². The van der Waals surface area contributed by atoms with Gasteiger partial charge in [-0.05, 0) is 98.3 Å². The Bertz CT molecular complexity index is 1140. The molecule has 44 heavy (non-hydrogen) atoms. The number of nitrogens with one attached hydrogen (secondary N) is 1. The summed E-state index contributed by atoms with van der Waals surface area (Å²) in [6.45, 7) is 25.1. The Labute approximate surface area is 268 Å². The molecular weight excluding hydrogens is 550 g/mol. The van der Waals surface area contributed by atoms with E-state index in [0.717, 1.165) is 45.1 Å². The van der Waals surface area contributed by atoms with E-state index in [-0.39, 0.29) is 50.7 Å². The molecule has 3 saturated carbocycles. The van der Waals surface area contributed by atoms with Crippen LogP contribution in [-0.4, -0.2) is 62.8 Å². The molecule has 4 aliphatic carbocycles. The van der Waals surface area contributed by atoms with Crippen LogP contribution < -0.4 is 5.32 Å². The first-order valence-corrected chi connectivity index (χ1v) is 17.8. The van der Waals surface area contributed by atoms with Gasteiger partial charge in [0.05, 0.1) is 37.9 Å². The second kappa shape index (κ2) is 11.3. The lowest BCUT2D eigenvalue weighted by Gasteiger charge is -2.71. The first-order chi connectivity index (χ1) is 20.4. The van der Waals surface area contributed by atoms with Gasteiger partial charge in [0.2, 0.25) is 0 Å². The number of carboxylic acids is 1. The van der Waals surface area contributed by atoms with Gasteiger partial charge in [0.15, 0.2) is 0 Å². The number of ether oxygens (including phenoxy) is 3. The molecule has 0 aromatic rings. The largest absolute Gasteiger partial charge is 0.481 e. The van der Waals surface area contributed by atoms with E-state index in [2.05, 4.69) is 80.6 Å². The maximum atomic E-state index is 13.3. The molecule has 6 nitrogen and oxygen atoms in total. The summed E-state index contributed by atoms with van der Waals surface area (Å²) in [5.41, 5.74) is 0.591. The SMILES string of the molecule is CN[C@](C)(CO[C@H]1[C@H](OC)C[C@@]23COCC1(C)[C@@H]2CC[C@H]1C3=CC[C@@]2(C)[C@H](C(=O)O)[C@@](C)([C@H](C)C(C)C)CC[C@]12C)C(C)C. The van der Waals surface area contributed by atoms with Crippen LogP contribution in [0.3, 0.4) is 0 Å². The number of carboxylic acid groups (broad SMARTS) is 1. The molecule has 1 saturated heterocycles. The van der Waals surface area contributed by atoms with Crippen molar-refractivity contribution in [3.05, 3.63) is 11.6 Å². The number of rotatable bonds is 9. The number of hydrogen-bond acceptors (Lipinski definition) is 5. The van der Waals surface area contributed by atoms with Gasteiger partial charge < -0.3 is 24.6 Å². The molecule has 2 N–H and O–H groups in total. The monoisotopic (exact) mass is 615 g/mol. The van der Waals surface area contributed by atoms with Crippen LogP contribution in [0.5, 0.6) is 0 Å². The summed E-state index contributed by atoms with van der Waals surface area (Å²) in [5, 5.41) is 14.5. The van der Waals surface area contributed by atoms with Crippen molar-refractivity contribution in [2.45, 2.75) is 126 Å². The average molecular weight is 616 g/mol.